The van der Waals surface area contributed by atoms with Crippen molar-refractivity contribution in [2.75, 3.05) is 24.4 Å². The molecule has 3 atom stereocenters. The number of rotatable bonds is 4. The van der Waals surface area contributed by atoms with Crippen molar-refractivity contribution in [3.63, 3.8) is 0 Å². The van der Waals surface area contributed by atoms with Crippen LogP contribution in [0.25, 0.3) is 10.8 Å². The van der Waals surface area contributed by atoms with Gasteiger partial charge in [-0.1, -0.05) is 60.7 Å². The van der Waals surface area contributed by atoms with Crippen molar-refractivity contribution in [3.05, 3.63) is 114 Å². The van der Waals surface area contributed by atoms with Crippen molar-refractivity contribution in [2.24, 2.45) is 5.92 Å². The number of hydrogen-bond acceptors (Lipinski definition) is 3. The minimum absolute atomic E-state index is 0.00428. The van der Waals surface area contributed by atoms with Crippen LogP contribution in [0, 0.1) is 5.92 Å². The predicted octanol–water partition coefficient (Wildman–Crippen LogP) is 6.95. The van der Waals surface area contributed by atoms with Gasteiger partial charge in [-0.3, -0.25) is 4.79 Å². The Morgan fingerprint density at radius 3 is 2.60 bits per heavy atom. The van der Waals surface area contributed by atoms with E-state index in [0.717, 1.165) is 23.5 Å². The molecule has 4 aromatic carbocycles. The fraction of sp³-hybridized carbons (Fsp3) is 0.194. The Hall–Kier alpha value is -4.05. The number of carbonyl (C=O) groups is 1. The van der Waals surface area contributed by atoms with Crippen molar-refractivity contribution in [1.82, 2.24) is 0 Å². The second-order valence-electron chi connectivity index (χ2n) is 9.38. The van der Waals surface area contributed by atoms with E-state index in [1.165, 1.54) is 21.9 Å². The molecule has 4 nitrogen and oxygen atoms in total. The van der Waals surface area contributed by atoms with Gasteiger partial charge in [-0.25, -0.2) is 0 Å². The molecule has 0 saturated carbocycles. The van der Waals surface area contributed by atoms with Crippen LogP contribution < -0.4 is 15.0 Å². The Bertz CT molecular complexity index is 1440. The Labute approximate surface area is 205 Å². The number of carbonyl (C=O) groups excluding carboxylic acids is 1. The fourth-order valence-electron chi connectivity index (χ4n) is 5.75. The standard InChI is InChI=1S/C31H28N2O2/c1-33(22-10-4-3-5-11-22)31(34)21-15-17-27-26(19-21)24-13-8-14-25(24)30(32-27)29-23-12-7-6-9-20(23)16-18-28(29)35-2/h3-13,15-19,24-25,30,32H,14H2,1-2H3. The van der Waals surface area contributed by atoms with Crippen LogP contribution in [0.2, 0.25) is 0 Å². The molecule has 4 heteroatoms. The average molecular weight is 461 g/mol. The van der Waals surface area contributed by atoms with Gasteiger partial charge in [-0.15, -0.1) is 0 Å². The lowest BCUT2D eigenvalue weighted by Crippen LogP contribution is -2.31. The molecule has 1 N–H and O–H groups in total. The van der Waals surface area contributed by atoms with Crippen LogP contribution in [0.4, 0.5) is 11.4 Å². The van der Waals surface area contributed by atoms with Crippen LogP contribution in [0.15, 0.2) is 97.1 Å². The van der Waals surface area contributed by atoms with E-state index in [1.54, 1.807) is 12.0 Å². The molecule has 1 aliphatic carbocycles. The number of nitrogens with zero attached hydrogens (tertiary/aromatic N) is 1. The number of fused-ring (bicyclic) bond motifs is 4. The van der Waals surface area contributed by atoms with Crippen LogP contribution in [-0.2, 0) is 0 Å². The highest BCUT2D eigenvalue weighted by atomic mass is 16.5. The second-order valence-corrected chi connectivity index (χ2v) is 9.38. The van der Waals surface area contributed by atoms with Crippen LogP contribution in [0.3, 0.4) is 0 Å². The zero-order valence-electron chi connectivity index (χ0n) is 19.9. The van der Waals surface area contributed by atoms with E-state index in [2.05, 4.69) is 66.0 Å². The lowest BCUT2D eigenvalue weighted by atomic mass is 9.75. The quantitative estimate of drug-likeness (QED) is 0.335. The zero-order valence-corrected chi connectivity index (χ0v) is 19.9. The summed E-state index contributed by atoms with van der Waals surface area (Å²) in [5, 5.41) is 6.26. The number of allylic oxidation sites excluding steroid dienone is 2. The third-order valence-electron chi connectivity index (χ3n) is 7.52. The molecule has 174 valence electrons. The average Bonchev–Trinajstić information content (AvgIpc) is 3.42. The van der Waals surface area contributed by atoms with Gasteiger partial charge in [-0.05, 0) is 65.1 Å². The first-order valence-corrected chi connectivity index (χ1v) is 12.1. The second kappa shape index (κ2) is 8.62. The summed E-state index contributed by atoms with van der Waals surface area (Å²) in [6.07, 6.45) is 5.57. The molecular weight excluding hydrogens is 432 g/mol. The number of para-hydroxylation sites is 1. The Morgan fingerprint density at radius 2 is 1.77 bits per heavy atom. The normalized spacial score (nSPS) is 20.1. The maximum absolute atomic E-state index is 13.3. The summed E-state index contributed by atoms with van der Waals surface area (Å²) in [4.78, 5) is 15.0. The van der Waals surface area contributed by atoms with E-state index in [4.69, 9.17) is 4.74 Å². The molecule has 0 radical (unpaired) electrons. The summed E-state index contributed by atoms with van der Waals surface area (Å²) in [6, 6.07) is 28.7. The van der Waals surface area contributed by atoms with Gasteiger partial charge in [0.15, 0.2) is 0 Å². The van der Waals surface area contributed by atoms with Gasteiger partial charge in [0.05, 0.1) is 13.2 Å². The summed E-state index contributed by atoms with van der Waals surface area (Å²) in [5.41, 5.74) is 5.06. The van der Waals surface area contributed by atoms with E-state index in [9.17, 15) is 4.79 Å². The van der Waals surface area contributed by atoms with E-state index in [0.29, 0.717) is 11.5 Å². The molecule has 0 fully saturated rings. The molecule has 1 heterocycles. The molecule has 3 unspecified atom stereocenters. The first kappa shape index (κ1) is 21.5. The number of hydrogen-bond donors (Lipinski definition) is 1. The number of ether oxygens (including phenoxy) is 1. The first-order valence-electron chi connectivity index (χ1n) is 12.1. The smallest absolute Gasteiger partial charge is 0.258 e. The van der Waals surface area contributed by atoms with Gasteiger partial charge in [-0.2, -0.15) is 0 Å². The van der Waals surface area contributed by atoms with Crippen LogP contribution >= 0.6 is 0 Å². The van der Waals surface area contributed by atoms with Crippen molar-refractivity contribution in [1.29, 1.82) is 0 Å². The maximum atomic E-state index is 13.3. The Balaban J connectivity index is 1.40. The predicted molar refractivity (Wildman–Crippen MR) is 142 cm³/mol. The molecule has 4 aromatic rings. The maximum Gasteiger partial charge on any atom is 0.258 e. The Kier molecular flexibility index (Phi) is 5.29. The number of methoxy groups -OCH3 is 1. The summed E-state index contributed by atoms with van der Waals surface area (Å²) >= 11 is 0. The summed E-state index contributed by atoms with van der Waals surface area (Å²) in [6.45, 7) is 0. The fourth-order valence-corrected chi connectivity index (χ4v) is 5.75. The number of amides is 1. The van der Waals surface area contributed by atoms with Gasteiger partial charge >= 0.3 is 0 Å². The molecule has 35 heavy (non-hydrogen) atoms. The summed E-state index contributed by atoms with van der Waals surface area (Å²) < 4.78 is 5.85. The van der Waals surface area contributed by atoms with Crippen LogP contribution in [-0.4, -0.2) is 20.1 Å². The first-order chi connectivity index (χ1) is 17.2. The van der Waals surface area contributed by atoms with Crippen LogP contribution in [0.5, 0.6) is 5.75 Å². The lowest BCUT2D eigenvalue weighted by molar-refractivity contribution is 0.0993. The molecule has 2 aliphatic rings. The third-order valence-corrected chi connectivity index (χ3v) is 7.52. The van der Waals surface area contributed by atoms with Gasteiger partial charge in [0.25, 0.3) is 5.91 Å². The number of nitrogens with one attached hydrogen (secondary N) is 1. The van der Waals surface area contributed by atoms with Crippen molar-refractivity contribution < 1.29 is 9.53 Å². The molecule has 0 saturated heterocycles. The lowest BCUT2D eigenvalue weighted by Gasteiger charge is -2.38. The summed E-state index contributed by atoms with van der Waals surface area (Å²) in [7, 11) is 3.58. The van der Waals surface area contributed by atoms with Gasteiger partial charge in [0, 0.05) is 35.5 Å². The van der Waals surface area contributed by atoms with Crippen molar-refractivity contribution in [2.45, 2.75) is 18.4 Å². The van der Waals surface area contributed by atoms with E-state index >= 15 is 0 Å². The minimum Gasteiger partial charge on any atom is -0.496 e. The topological polar surface area (TPSA) is 41.6 Å². The monoisotopic (exact) mass is 460 g/mol. The molecule has 0 bridgehead atoms. The molecule has 0 spiro atoms. The molecule has 6 rings (SSSR count). The summed E-state index contributed by atoms with van der Waals surface area (Å²) in [5.74, 6) is 1.50. The van der Waals surface area contributed by atoms with E-state index < -0.39 is 0 Å². The van der Waals surface area contributed by atoms with Crippen LogP contribution in [0.1, 0.15) is 39.9 Å². The highest BCUT2D eigenvalue weighted by Gasteiger charge is 2.40. The van der Waals surface area contributed by atoms with E-state index in [1.807, 2.05) is 43.4 Å². The van der Waals surface area contributed by atoms with Crippen molar-refractivity contribution in [3.8, 4) is 5.75 Å². The number of benzene rings is 4. The zero-order chi connectivity index (χ0) is 23.9. The SMILES string of the molecule is COc1ccc2ccccc2c1C1Nc2ccc(C(=O)N(C)c3ccccc3)cc2C2C=CCC21. The molecule has 1 amide bonds. The van der Waals surface area contributed by atoms with Gasteiger partial charge < -0.3 is 15.0 Å². The number of anilines is 2. The largest absolute Gasteiger partial charge is 0.496 e. The highest BCUT2D eigenvalue weighted by Crippen LogP contribution is 2.52. The highest BCUT2D eigenvalue weighted by molar-refractivity contribution is 6.06. The minimum atomic E-state index is -0.00428. The van der Waals surface area contributed by atoms with Crippen molar-refractivity contribution >= 4 is 28.1 Å². The molecular formula is C31H28N2O2. The van der Waals surface area contributed by atoms with E-state index in [-0.39, 0.29) is 17.9 Å². The third kappa shape index (κ3) is 3.57. The molecule has 1 aliphatic heterocycles. The van der Waals surface area contributed by atoms with Gasteiger partial charge in [0.2, 0.25) is 0 Å². The molecule has 0 aromatic heterocycles. The van der Waals surface area contributed by atoms with Gasteiger partial charge in [0.1, 0.15) is 5.75 Å². The Morgan fingerprint density at radius 1 is 0.971 bits per heavy atom.